The summed E-state index contributed by atoms with van der Waals surface area (Å²) in [5.41, 5.74) is 5.94. The number of ether oxygens (including phenoxy) is 2. The summed E-state index contributed by atoms with van der Waals surface area (Å²) in [6.45, 7) is 7.03. The summed E-state index contributed by atoms with van der Waals surface area (Å²) in [7, 11) is 0. The molecule has 33 heavy (non-hydrogen) atoms. The number of fused-ring (bicyclic) bond motifs is 3. The fourth-order valence-corrected chi connectivity index (χ4v) is 4.79. The number of aromatic nitrogens is 2. The van der Waals surface area contributed by atoms with Crippen molar-refractivity contribution in [3.05, 3.63) is 97.8 Å². The van der Waals surface area contributed by atoms with Crippen LogP contribution in [0.3, 0.4) is 0 Å². The smallest absolute Gasteiger partial charge is 0.274 e. The number of aryl methyl sites for hydroxylation is 2. The molecule has 166 valence electrons. The maximum Gasteiger partial charge on any atom is 0.274 e. The zero-order chi connectivity index (χ0) is 22.9. The molecule has 6 heteroatoms. The van der Waals surface area contributed by atoms with Gasteiger partial charge in [-0.05, 0) is 73.4 Å². The molecule has 0 amide bonds. The predicted octanol–water partition coefficient (Wildman–Crippen LogP) is 5.05. The van der Waals surface area contributed by atoms with Gasteiger partial charge in [0, 0.05) is 0 Å². The maximum absolute atomic E-state index is 13.2. The minimum atomic E-state index is -0.0527. The number of hydrogen-bond acceptors (Lipinski definition) is 5. The zero-order valence-electron chi connectivity index (χ0n) is 18.8. The van der Waals surface area contributed by atoms with Gasteiger partial charge in [-0.1, -0.05) is 47.7 Å². The van der Waals surface area contributed by atoms with E-state index in [9.17, 15) is 4.79 Å². The molecule has 0 saturated heterocycles. The van der Waals surface area contributed by atoms with Gasteiger partial charge in [0.1, 0.15) is 6.61 Å². The van der Waals surface area contributed by atoms with Crippen LogP contribution in [0, 0.1) is 13.8 Å². The van der Waals surface area contributed by atoms with Gasteiger partial charge in [0.2, 0.25) is 0 Å². The summed E-state index contributed by atoms with van der Waals surface area (Å²) in [6, 6.07) is 19.8. The molecule has 0 fully saturated rings. The lowest BCUT2D eigenvalue weighted by Gasteiger charge is -2.12. The quantitative estimate of drug-likeness (QED) is 0.359. The molecule has 0 aliphatic heterocycles. The highest BCUT2D eigenvalue weighted by Crippen LogP contribution is 2.30. The Bertz CT molecular complexity index is 1570. The van der Waals surface area contributed by atoms with Crippen molar-refractivity contribution in [3.8, 4) is 11.5 Å². The summed E-state index contributed by atoms with van der Waals surface area (Å²) < 4.78 is 14.2. The second-order valence-electron chi connectivity index (χ2n) is 7.98. The van der Waals surface area contributed by atoms with Crippen molar-refractivity contribution in [2.45, 2.75) is 27.4 Å². The van der Waals surface area contributed by atoms with Crippen LogP contribution in [0.5, 0.6) is 11.5 Å². The van der Waals surface area contributed by atoms with Gasteiger partial charge in [0.15, 0.2) is 16.5 Å². The van der Waals surface area contributed by atoms with Gasteiger partial charge in [0.05, 0.1) is 22.2 Å². The zero-order valence-corrected chi connectivity index (χ0v) is 19.6. The highest BCUT2D eigenvalue weighted by molar-refractivity contribution is 7.15. The van der Waals surface area contributed by atoms with Crippen molar-refractivity contribution in [2.24, 2.45) is 0 Å². The number of rotatable bonds is 6. The second kappa shape index (κ2) is 8.71. The van der Waals surface area contributed by atoms with E-state index in [2.05, 4.69) is 18.8 Å². The molecule has 0 radical (unpaired) electrons. The summed E-state index contributed by atoms with van der Waals surface area (Å²) in [5, 5.41) is 0. The van der Waals surface area contributed by atoms with Gasteiger partial charge in [0.25, 0.3) is 5.56 Å². The number of nitrogens with zero attached hydrogens (tertiary/aromatic N) is 2. The molecule has 0 aliphatic rings. The largest absolute Gasteiger partial charge is 0.490 e. The lowest BCUT2D eigenvalue weighted by molar-refractivity contribution is 0.269. The first-order valence-electron chi connectivity index (χ1n) is 10.9. The third kappa shape index (κ3) is 4.10. The molecule has 0 unspecified atom stereocenters. The normalized spacial score (nSPS) is 12.0. The van der Waals surface area contributed by atoms with E-state index in [0.717, 1.165) is 27.7 Å². The van der Waals surface area contributed by atoms with Gasteiger partial charge in [-0.25, -0.2) is 9.38 Å². The van der Waals surface area contributed by atoms with Gasteiger partial charge < -0.3 is 9.47 Å². The van der Waals surface area contributed by atoms with Crippen LogP contribution < -0.4 is 19.6 Å². The van der Waals surface area contributed by atoms with Crippen molar-refractivity contribution in [1.82, 2.24) is 9.38 Å². The van der Waals surface area contributed by atoms with E-state index in [0.29, 0.717) is 34.2 Å². The van der Waals surface area contributed by atoms with Crippen LogP contribution in [-0.2, 0) is 6.61 Å². The van der Waals surface area contributed by atoms with E-state index in [4.69, 9.17) is 9.47 Å². The Morgan fingerprint density at radius 2 is 1.76 bits per heavy atom. The highest BCUT2D eigenvalue weighted by atomic mass is 32.1. The van der Waals surface area contributed by atoms with E-state index < -0.39 is 0 Å². The second-order valence-corrected chi connectivity index (χ2v) is 8.99. The van der Waals surface area contributed by atoms with Crippen molar-refractivity contribution in [1.29, 1.82) is 0 Å². The van der Waals surface area contributed by atoms with Crippen LogP contribution >= 0.6 is 11.3 Å². The van der Waals surface area contributed by atoms with Crippen molar-refractivity contribution in [3.63, 3.8) is 0 Å². The molecule has 0 N–H and O–H groups in total. The minimum absolute atomic E-state index is 0.0527. The molecule has 2 heterocycles. The van der Waals surface area contributed by atoms with E-state index >= 15 is 0 Å². The molecule has 0 aliphatic carbocycles. The molecule has 0 saturated carbocycles. The molecule has 5 nitrogen and oxygen atoms in total. The number of thiazole rings is 1. The molecule has 0 spiro atoms. The first kappa shape index (κ1) is 21.2. The topological polar surface area (TPSA) is 52.8 Å². The Morgan fingerprint density at radius 1 is 0.970 bits per heavy atom. The Kier molecular flexibility index (Phi) is 5.60. The first-order chi connectivity index (χ1) is 16.0. The monoisotopic (exact) mass is 456 g/mol. The first-order valence-corrected chi connectivity index (χ1v) is 11.7. The van der Waals surface area contributed by atoms with Crippen molar-refractivity contribution in [2.75, 3.05) is 6.61 Å². The molecule has 5 rings (SSSR count). The van der Waals surface area contributed by atoms with Crippen LogP contribution in [-0.4, -0.2) is 16.0 Å². The molecule has 3 aromatic carbocycles. The van der Waals surface area contributed by atoms with E-state index in [1.54, 1.807) is 4.40 Å². The van der Waals surface area contributed by atoms with Crippen LogP contribution in [0.4, 0.5) is 0 Å². The van der Waals surface area contributed by atoms with E-state index in [-0.39, 0.29) is 5.56 Å². The third-order valence-corrected chi connectivity index (χ3v) is 6.63. The minimum Gasteiger partial charge on any atom is -0.490 e. The average Bonchev–Trinajstić information content (AvgIpc) is 3.30. The van der Waals surface area contributed by atoms with Gasteiger partial charge in [-0.2, -0.15) is 0 Å². The highest BCUT2D eigenvalue weighted by Gasteiger charge is 2.13. The number of hydrogen-bond donors (Lipinski definition) is 0. The molecule has 0 atom stereocenters. The Hall–Kier alpha value is -3.64. The summed E-state index contributed by atoms with van der Waals surface area (Å²) in [5.74, 6) is 1.34. The van der Waals surface area contributed by atoms with Crippen LogP contribution in [0.15, 0.2) is 65.5 Å². The summed E-state index contributed by atoms with van der Waals surface area (Å²) in [4.78, 5) is 18.6. The Balaban J connectivity index is 1.51. The molecule has 5 aromatic rings. The molecular formula is C27H24N2O3S. The molecular weight excluding hydrogens is 432 g/mol. The lowest BCUT2D eigenvalue weighted by Crippen LogP contribution is -2.22. The van der Waals surface area contributed by atoms with Gasteiger partial charge >= 0.3 is 0 Å². The van der Waals surface area contributed by atoms with Gasteiger partial charge in [-0.15, -0.1) is 0 Å². The standard InChI is InChI=1S/C27H24N2O3S/c1-4-31-24-14-20(10-11-23(24)32-16-19-8-6-5-7-9-19)15-25-26(30)29-22-13-18(3)17(2)12-21(22)28-27(29)33-25/h5-15H,4,16H2,1-3H3. The van der Waals surface area contributed by atoms with Crippen LogP contribution in [0.25, 0.3) is 22.1 Å². The van der Waals surface area contributed by atoms with E-state index in [1.807, 2.05) is 73.7 Å². The average molecular weight is 457 g/mol. The fraction of sp³-hybridized carbons (Fsp3) is 0.185. The summed E-state index contributed by atoms with van der Waals surface area (Å²) in [6.07, 6.45) is 1.89. The summed E-state index contributed by atoms with van der Waals surface area (Å²) >= 11 is 1.40. The lowest BCUT2D eigenvalue weighted by atomic mass is 10.1. The van der Waals surface area contributed by atoms with Crippen LogP contribution in [0.1, 0.15) is 29.2 Å². The van der Waals surface area contributed by atoms with E-state index in [1.165, 1.54) is 16.9 Å². The number of benzene rings is 3. The fourth-order valence-electron chi connectivity index (χ4n) is 3.81. The van der Waals surface area contributed by atoms with Crippen LogP contribution in [0.2, 0.25) is 0 Å². The van der Waals surface area contributed by atoms with Crippen molar-refractivity contribution < 1.29 is 9.47 Å². The SMILES string of the molecule is CCOc1cc(C=c2sc3nc4cc(C)c(C)cc4n3c2=O)ccc1OCc1ccccc1. The molecule has 0 bridgehead atoms. The Labute approximate surface area is 195 Å². The van der Waals surface area contributed by atoms with Crippen molar-refractivity contribution >= 4 is 33.4 Å². The Morgan fingerprint density at radius 3 is 2.55 bits per heavy atom. The third-order valence-electron chi connectivity index (χ3n) is 5.66. The van der Waals surface area contributed by atoms with Gasteiger partial charge in [-0.3, -0.25) is 4.79 Å². The predicted molar refractivity (Wildman–Crippen MR) is 133 cm³/mol. The molecule has 2 aromatic heterocycles. The number of imidazole rings is 1. The maximum atomic E-state index is 13.2.